The van der Waals surface area contributed by atoms with E-state index >= 15 is 0 Å². The number of hydrogen-bond donors (Lipinski definition) is 6. The first-order valence-corrected chi connectivity index (χ1v) is 10.3. The molecule has 1 rings (SSSR count). The maximum atomic E-state index is 12.5. The number of carbonyl (C=O) groups excluding carboxylic acids is 3. The zero-order chi connectivity index (χ0) is 22.7. The number of carbonyl (C=O) groups is 4. The van der Waals surface area contributed by atoms with Crippen LogP contribution in [0.3, 0.4) is 0 Å². The van der Waals surface area contributed by atoms with Crippen LogP contribution in [0.5, 0.6) is 0 Å². The van der Waals surface area contributed by atoms with Crippen LogP contribution in [-0.2, 0) is 25.6 Å². The van der Waals surface area contributed by atoms with Gasteiger partial charge in [0.25, 0.3) is 0 Å². The third kappa shape index (κ3) is 9.27. The summed E-state index contributed by atoms with van der Waals surface area (Å²) in [7, 11) is 0. The molecule has 0 saturated heterocycles. The summed E-state index contributed by atoms with van der Waals surface area (Å²) in [6.07, 6.45) is 0.466. The summed E-state index contributed by atoms with van der Waals surface area (Å²) in [6, 6.07) is 6.04. The first kappa shape index (κ1) is 25.4. The van der Waals surface area contributed by atoms with Gasteiger partial charge in [0.2, 0.25) is 17.7 Å². The van der Waals surface area contributed by atoms with Crippen LogP contribution in [0.1, 0.15) is 25.8 Å². The van der Waals surface area contributed by atoms with Crippen molar-refractivity contribution in [1.29, 1.82) is 0 Å². The summed E-state index contributed by atoms with van der Waals surface area (Å²) in [4.78, 5) is 48.1. The highest BCUT2D eigenvalue weighted by Crippen LogP contribution is 2.06. The summed E-state index contributed by atoms with van der Waals surface area (Å²) < 4.78 is 0. The fourth-order valence-corrected chi connectivity index (χ4v) is 2.82. The number of benzene rings is 1. The molecule has 0 saturated carbocycles. The third-order valence-electron chi connectivity index (χ3n) is 4.21. The average molecular weight is 439 g/mol. The highest BCUT2D eigenvalue weighted by molar-refractivity contribution is 7.80. The number of nitrogens with one attached hydrogen (secondary N) is 3. The number of amides is 3. The van der Waals surface area contributed by atoms with Gasteiger partial charge in [0.05, 0.1) is 12.6 Å². The zero-order valence-corrected chi connectivity index (χ0v) is 18.0. The van der Waals surface area contributed by atoms with Crippen LogP contribution in [-0.4, -0.2) is 59.2 Å². The van der Waals surface area contributed by atoms with Crippen LogP contribution in [0.15, 0.2) is 30.3 Å². The smallest absolute Gasteiger partial charge is 0.326 e. The van der Waals surface area contributed by atoms with Gasteiger partial charge >= 0.3 is 5.97 Å². The van der Waals surface area contributed by atoms with Gasteiger partial charge in [-0.3, -0.25) is 14.4 Å². The normalized spacial score (nSPS) is 13.8. The Labute approximate surface area is 181 Å². The van der Waals surface area contributed by atoms with Crippen LogP contribution in [0, 0.1) is 5.92 Å². The fraction of sp³-hybridized carbons (Fsp3) is 0.500. The molecule has 3 unspecified atom stereocenters. The molecule has 30 heavy (non-hydrogen) atoms. The van der Waals surface area contributed by atoms with Crippen molar-refractivity contribution in [3.05, 3.63) is 35.9 Å². The number of thiol groups is 1. The van der Waals surface area contributed by atoms with E-state index in [4.69, 9.17) is 5.73 Å². The Bertz CT molecular complexity index is 729. The van der Waals surface area contributed by atoms with Gasteiger partial charge in [-0.1, -0.05) is 44.2 Å². The maximum absolute atomic E-state index is 12.5. The van der Waals surface area contributed by atoms with Crippen LogP contribution < -0.4 is 21.7 Å². The Morgan fingerprint density at radius 1 is 1.03 bits per heavy atom. The Balaban J connectivity index is 2.64. The number of carboxylic acids is 1. The molecule has 0 aromatic heterocycles. The molecule has 1 aromatic carbocycles. The van der Waals surface area contributed by atoms with E-state index in [2.05, 4.69) is 28.6 Å². The summed E-state index contributed by atoms with van der Waals surface area (Å²) in [6.45, 7) is 3.36. The lowest BCUT2D eigenvalue weighted by Crippen LogP contribution is -2.54. The lowest BCUT2D eigenvalue weighted by Gasteiger charge is -2.22. The lowest BCUT2D eigenvalue weighted by atomic mass is 10.0. The lowest BCUT2D eigenvalue weighted by molar-refractivity contribution is -0.141. The minimum absolute atomic E-state index is 0.101. The molecule has 3 atom stereocenters. The van der Waals surface area contributed by atoms with E-state index in [1.165, 1.54) is 0 Å². The molecule has 166 valence electrons. The Morgan fingerprint density at radius 2 is 1.67 bits per heavy atom. The van der Waals surface area contributed by atoms with Crippen molar-refractivity contribution >= 4 is 36.3 Å². The minimum atomic E-state index is -1.18. The molecule has 0 radical (unpaired) electrons. The van der Waals surface area contributed by atoms with Crippen molar-refractivity contribution in [2.75, 3.05) is 12.3 Å². The standard InChI is InChI=1S/C20H30N4O5S/c1-12(2)8-15(24-18(26)14(21)11-30)19(27)22-10-17(25)23-16(20(28)29)9-13-6-4-3-5-7-13/h3-7,12,14-16,30H,8-11,21H2,1-2H3,(H,22,27)(H,23,25)(H,24,26)(H,28,29). The van der Waals surface area contributed by atoms with Crippen molar-refractivity contribution < 1.29 is 24.3 Å². The molecule has 0 heterocycles. The molecule has 0 spiro atoms. The van der Waals surface area contributed by atoms with E-state index in [0.717, 1.165) is 5.56 Å². The molecule has 6 N–H and O–H groups in total. The van der Waals surface area contributed by atoms with Crippen LogP contribution in [0.2, 0.25) is 0 Å². The SMILES string of the molecule is CC(C)CC(NC(=O)C(N)CS)C(=O)NCC(=O)NC(Cc1ccccc1)C(=O)O. The van der Waals surface area contributed by atoms with Gasteiger partial charge in [-0.05, 0) is 17.9 Å². The molecule has 1 aromatic rings. The number of carboxylic acid groups (broad SMARTS) is 1. The predicted octanol–water partition coefficient (Wildman–Crippen LogP) is -0.297. The summed E-state index contributed by atoms with van der Waals surface area (Å²) in [5, 5.41) is 16.8. The topological polar surface area (TPSA) is 151 Å². The van der Waals surface area contributed by atoms with Gasteiger partial charge in [0.1, 0.15) is 12.1 Å². The number of hydrogen-bond acceptors (Lipinski definition) is 6. The average Bonchev–Trinajstić information content (AvgIpc) is 2.70. The van der Waals surface area contributed by atoms with Gasteiger partial charge in [0.15, 0.2) is 0 Å². The first-order chi connectivity index (χ1) is 14.1. The third-order valence-corrected chi connectivity index (χ3v) is 4.61. The minimum Gasteiger partial charge on any atom is -0.480 e. The van der Waals surface area contributed by atoms with Crippen LogP contribution >= 0.6 is 12.6 Å². The van der Waals surface area contributed by atoms with Crippen molar-refractivity contribution in [3.63, 3.8) is 0 Å². The number of nitrogens with two attached hydrogens (primary N) is 1. The Kier molecular flexibility index (Phi) is 10.9. The summed E-state index contributed by atoms with van der Waals surface area (Å²) in [5.41, 5.74) is 6.38. The Morgan fingerprint density at radius 3 is 2.20 bits per heavy atom. The van der Waals surface area contributed by atoms with Crippen molar-refractivity contribution in [1.82, 2.24) is 16.0 Å². The maximum Gasteiger partial charge on any atom is 0.326 e. The second-order valence-corrected chi connectivity index (χ2v) is 7.71. The van der Waals surface area contributed by atoms with Crippen LogP contribution in [0.4, 0.5) is 0 Å². The van der Waals surface area contributed by atoms with Crippen molar-refractivity contribution in [2.45, 2.75) is 44.8 Å². The molecule has 10 heteroatoms. The van der Waals surface area contributed by atoms with E-state index in [9.17, 15) is 24.3 Å². The van der Waals surface area contributed by atoms with Gasteiger partial charge < -0.3 is 26.8 Å². The molecule has 0 aliphatic rings. The largest absolute Gasteiger partial charge is 0.480 e. The van der Waals surface area contributed by atoms with E-state index in [1.807, 2.05) is 19.9 Å². The molecule has 0 aliphatic heterocycles. The molecule has 0 bridgehead atoms. The molecule has 9 nitrogen and oxygen atoms in total. The molecular formula is C20H30N4O5S. The molecule has 0 fully saturated rings. The first-order valence-electron chi connectivity index (χ1n) is 9.64. The van der Waals surface area contributed by atoms with Crippen molar-refractivity contribution in [2.24, 2.45) is 11.7 Å². The highest BCUT2D eigenvalue weighted by atomic mass is 32.1. The quantitative estimate of drug-likeness (QED) is 0.247. The predicted molar refractivity (Wildman–Crippen MR) is 116 cm³/mol. The second-order valence-electron chi connectivity index (χ2n) is 7.35. The van der Waals surface area contributed by atoms with Crippen LogP contribution in [0.25, 0.3) is 0 Å². The van der Waals surface area contributed by atoms with E-state index in [1.54, 1.807) is 24.3 Å². The zero-order valence-electron chi connectivity index (χ0n) is 17.1. The van der Waals surface area contributed by atoms with Gasteiger partial charge in [-0.2, -0.15) is 12.6 Å². The van der Waals surface area contributed by atoms with Crippen molar-refractivity contribution in [3.8, 4) is 0 Å². The summed E-state index contributed by atoms with van der Waals surface area (Å²) in [5.74, 6) is -2.65. The fourth-order valence-electron chi connectivity index (χ4n) is 2.65. The van der Waals surface area contributed by atoms with Gasteiger partial charge in [0, 0.05) is 12.2 Å². The Hall–Kier alpha value is -2.59. The highest BCUT2D eigenvalue weighted by Gasteiger charge is 2.25. The summed E-state index contributed by atoms with van der Waals surface area (Å²) >= 11 is 3.96. The molecule has 3 amide bonds. The molecule has 0 aliphatic carbocycles. The van der Waals surface area contributed by atoms with Gasteiger partial charge in [-0.25, -0.2) is 4.79 Å². The molecular weight excluding hydrogens is 408 g/mol. The van der Waals surface area contributed by atoms with E-state index in [0.29, 0.717) is 6.42 Å². The van der Waals surface area contributed by atoms with Gasteiger partial charge in [-0.15, -0.1) is 0 Å². The number of aliphatic carboxylic acids is 1. The van der Waals surface area contributed by atoms with E-state index in [-0.39, 0.29) is 18.1 Å². The second kappa shape index (κ2) is 12.9. The number of rotatable bonds is 12. The van der Waals surface area contributed by atoms with E-state index < -0.39 is 48.4 Å². The monoisotopic (exact) mass is 438 g/mol.